The standard InChI is InChI=1S/C35H26FN7O3/c1-21(44)31-33-26(15-18-38-31)25-5-2-3-6-27(25)42(33)35(46)40-20-19-39-34(45)29-8-4-7-28-30(22-13-16-37-17-14-22)32(41-43(28)29)23-9-11-24(36)12-10-23/h2-18H,19-20H2,1H3,(H,39,45)(H,40,46). The summed E-state index contributed by atoms with van der Waals surface area (Å²) in [6, 6.07) is 23.8. The number of nitrogens with zero attached hydrogens (tertiary/aromatic N) is 5. The van der Waals surface area contributed by atoms with Crippen LogP contribution in [0.15, 0.2) is 104 Å². The monoisotopic (exact) mass is 611 g/mol. The molecule has 0 saturated heterocycles. The molecule has 0 aliphatic rings. The maximum atomic E-state index is 13.7. The molecular weight excluding hydrogens is 585 g/mol. The quantitative estimate of drug-likeness (QED) is 0.171. The Bertz CT molecular complexity index is 2290. The Morgan fingerprint density at radius 3 is 2.28 bits per heavy atom. The number of benzene rings is 2. The fourth-order valence-electron chi connectivity index (χ4n) is 5.75. The Labute approximate surface area is 261 Å². The number of carbonyl (C=O) groups excluding carboxylic acids is 3. The Kier molecular flexibility index (Phi) is 7.25. The second-order valence-corrected chi connectivity index (χ2v) is 10.6. The van der Waals surface area contributed by atoms with Crippen molar-refractivity contribution in [1.29, 1.82) is 0 Å². The second kappa shape index (κ2) is 11.7. The average molecular weight is 612 g/mol. The van der Waals surface area contributed by atoms with Gasteiger partial charge in [0, 0.05) is 60.5 Å². The molecule has 0 radical (unpaired) electrons. The highest BCUT2D eigenvalue weighted by Gasteiger charge is 2.22. The molecule has 11 heteroatoms. The minimum absolute atomic E-state index is 0.117. The average Bonchev–Trinajstić information content (AvgIpc) is 3.64. The van der Waals surface area contributed by atoms with Crippen molar-refractivity contribution in [2.45, 2.75) is 6.92 Å². The zero-order valence-corrected chi connectivity index (χ0v) is 24.6. The second-order valence-electron chi connectivity index (χ2n) is 10.6. The van der Waals surface area contributed by atoms with Crippen molar-refractivity contribution in [1.82, 2.24) is 34.8 Å². The van der Waals surface area contributed by atoms with Gasteiger partial charge in [-0.1, -0.05) is 24.3 Å². The summed E-state index contributed by atoms with van der Waals surface area (Å²) in [5, 5.41) is 12.1. The molecule has 2 N–H and O–H groups in total. The number of aromatic nitrogens is 5. The van der Waals surface area contributed by atoms with Crippen LogP contribution in [0.25, 0.3) is 49.7 Å². The summed E-state index contributed by atoms with van der Waals surface area (Å²) in [6.45, 7) is 1.66. The third-order valence-corrected chi connectivity index (χ3v) is 7.78. The number of fused-ring (bicyclic) bond motifs is 4. The smallest absolute Gasteiger partial charge is 0.326 e. The summed E-state index contributed by atoms with van der Waals surface area (Å²) in [4.78, 5) is 47.7. The van der Waals surface area contributed by atoms with Crippen LogP contribution < -0.4 is 10.6 Å². The van der Waals surface area contributed by atoms with Crippen LogP contribution in [-0.2, 0) is 0 Å². The number of Topliss-reactive ketones (excluding diaryl/α,β-unsaturated/α-hetero) is 1. The fourth-order valence-corrected chi connectivity index (χ4v) is 5.75. The van der Waals surface area contributed by atoms with Gasteiger partial charge < -0.3 is 10.6 Å². The number of hydrogen-bond donors (Lipinski definition) is 2. The molecular formula is C35H26FN7O3. The summed E-state index contributed by atoms with van der Waals surface area (Å²) in [5.74, 6) is -1.01. The van der Waals surface area contributed by atoms with Crippen molar-refractivity contribution in [3.8, 4) is 22.4 Å². The highest BCUT2D eigenvalue weighted by atomic mass is 19.1. The van der Waals surface area contributed by atoms with E-state index in [2.05, 4.69) is 20.6 Å². The lowest BCUT2D eigenvalue weighted by atomic mass is 10.0. The first-order valence-electron chi connectivity index (χ1n) is 14.6. The molecule has 226 valence electrons. The minimum Gasteiger partial charge on any atom is -0.349 e. The van der Waals surface area contributed by atoms with Crippen LogP contribution in [0.2, 0.25) is 0 Å². The molecule has 10 nitrogen and oxygen atoms in total. The largest absolute Gasteiger partial charge is 0.349 e. The molecule has 2 aromatic carbocycles. The number of nitrogens with one attached hydrogen (secondary N) is 2. The number of ketones is 1. The van der Waals surface area contributed by atoms with E-state index >= 15 is 0 Å². The van der Waals surface area contributed by atoms with Crippen molar-refractivity contribution < 1.29 is 18.8 Å². The van der Waals surface area contributed by atoms with Crippen LogP contribution in [0.1, 0.15) is 27.9 Å². The number of carbonyl (C=O) groups is 3. The maximum absolute atomic E-state index is 13.7. The fraction of sp³-hybridized carbons (Fsp3) is 0.0857. The highest BCUT2D eigenvalue weighted by Crippen LogP contribution is 2.35. The Morgan fingerprint density at radius 2 is 1.50 bits per heavy atom. The molecule has 0 aliphatic heterocycles. The predicted octanol–water partition coefficient (Wildman–Crippen LogP) is 5.90. The summed E-state index contributed by atoms with van der Waals surface area (Å²) in [5.41, 5.74) is 5.16. The van der Waals surface area contributed by atoms with Crippen LogP contribution in [-0.4, -0.2) is 55.0 Å². The van der Waals surface area contributed by atoms with Gasteiger partial charge in [-0.25, -0.2) is 13.7 Å². The number of halogens is 1. The molecule has 7 rings (SSSR count). The first-order chi connectivity index (χ1) is 22.4. The van der Waals surface area contributed by atoms with Gasteiger partial charge >= 0.3 is 6.03 Å². The molecule has 0 saturated carbocycles. The Balaban J connectivity index is 1.14. The highest BCUT2D eigenvalue weighted by molar-refractivity contribution is 6.18. The van der Waals surface area contributed by atoms with Crippen LogP contribution in [0.4, 0.5) is 9.18 Å². The third-order valence-electron chi connectivity index (χ3n) is 7.78. The zero-order chi connectivity index (χ0) is 31.8. The first kappa shape index (κ1) is 28.5. The minimum atomic E-state index is -0.448. The molecule has 7 aromatic rings. The van der Waals surface area contributed by atoms with Crippen molar-refractivity contribution in [2.75, 3.05) is 13.1 Å². The van der Waals surface area contributed by atoms with Crippen LogP contribution in [0, 0.1) is 5.82 Å². The van der Waals surface area contributed by atoms with Gasteiger partial charge in [-0.05, 0) is 66.2 Å². The third kappa shape index (κ3) is 4.93. The zero-order valence-electron chi connectivity index (χ0n) is 24.6. The SMILES string of the molecule is CC(=O)c1nccc2c3ccccc3n(C(=O)NCCNC(=O)c3cccc4c(-c5ccncc5)c(-c5ccc(F)cc5)nn34)c12. The van der Waals surface area contributed by atoms with Gasteiger partial charge in [-0.2, -0.15) is 5.10 Å². The molecule has 0 aliphatic carbocycles. The molecule has 0 unspecified atom stereocenters. The molecule has 2 amide bonds. The van der Waals surface area contributed by atoms with Gasteiger partial charge in [0.2, 0.25) is 0 Å². The lowest BCUT2D eigenvalue weighted by molar-refractivity contribution is 0.0945. The van der Waals surface area contributed by atoms with E-state index in [0.29, 0.717) is 27.8 Å². The molecule has 46 heavy (non-hydrogen) atoms. The lowest BCUT2D eigenvalue weighted by Gasteiger charge is -2.11. The van der Waals surface area contributed by atoms with Crippen molar-refractivity contribution in [2.24, 2.45) is 0 Å². The van der Waals surface area contributed by atoms with E-state index < -0.39 is 11.9 Å². The number of hydrogen-bond acceptors (Lipinski definition) is 6. The van der Waals surface area contributed by atoms with Crippen molar-refractivity contribution in [3.05, 3.63) is 121 Å². The molecule has 0 bridgehead atoms. The van der Waals surface area contributed by atoms with Gasteiger partial charge in [0.05, 0.1) is 16.6 Å². The molecule has 0 spiro atoms. The van der Waals surface area contributed by atoms with Gasteiger partial charge in [0.1, 0.15) is 22.9 Å². The number of para-hydroxylation sites is 1. The topological polar surface area (TPSA) is 123 Å². The normalized spacial score (nSPS) is 11.3. The maximum Gasteiger partial charge on any atom is 0.326 e. The molecule has 0 fully saturated rings. The first-order valence-corrected chi connectivity index (χ1v) is 14.6. The summed E-state index contributed by atoms with van der Waals surface area (Å²) < 4.78 is 16.8. The van der Waals surface area contributed by atoms with Crippen LogP contribution in [0.3, 0.4) is 0 Å². The predicted molar refractivity (Wildman–Crippen MR) is 172 cm³/mol. The number of pyridine rings is 3. The van der Waals surface area contributed by atoms with E-state index in [1.54, 1.807) is 53.4 Å². The van der Waals surface area contributed by atoms with Gasteiger partial charge in [0.25, 0.3) is 5.91 Å². The van der Waals surface area contributed by atoms with E-state index in [9.17, 15) is 18.8 Å². The van der Waals surface area contributed by atoms with Gasteiger partial charge in [-0.15, -0.1) is 0 Å². The Hall–Kier alpha value is -6.23. The number of rotatable bonds is 7. The van der Waals surface area contributed by atoms with Crippen LogP contribution in [0.5, 0.6) is 0 Å². The van der Waals surface area contributed by atoms with E-state index in [4.69, 9.17) is 5.10 Å². The van der Waals surface area contributed by atoms with Crippen molar-refractivity contribution >= 4 is 45.0 Å². The molecule has 5 heterocycles. The van der Waals surface area contributed by atoms with E-state index in [1.165, 1.54) is 23.6 Å². The molecule has 5 aromatic heterocycles. The van der Waals surface area contributed by atoms with Crippen molar-refractivity contribution in [3.63, 3.8) is 0 Å². The van der Waals surface area contributed by atoms with Crippen LogP contribution >= 0.6 is 0 Å². The summed E-state index contributed by atoms with van der Waals surface area (Å²) in [6.07, 6.45) is 4.91. The van der Waals surface area contributed by atoms with Gasteiger partial charge in [-0.3, -0.25) is 24.1 Å². The summed E-state index contributed by atoms with van der Waals surface area (Å²) >= 11 is 0. The van der Waals surface area contributed by atoms with E-state index in [0.717, 1.165) is 21.9 Å². The Morgan fingerprint density at radius 1 is 0.761 bits per heavy atom. The number of amides is 2. The molecule has 0 atom stereocenters. The lowest BCUT2D eigenvalue weighted by Crippen LogP contribution is -2.37. The van der Waals surface area contributed by atoms with E-state index in [1.807, 2.05) is 42.5 Å². The van der Waals surface area contributed by atoms with Gasteiger partial charge in [0.15, 0.2) is 5.78 Å². The van der Waals surface area contributed by atoms with E-state index in [-0.39, 0.29) is 36.1 Å². The summed E-state index contributed by atoms with van der Waals surface area (Å²) in [7, 11) is 0.